The lowest BCUT2D eigenvalue weighted by Crippen LogP contribution is -2.01. The molecule has 0 saturated heterocycles. The van der Waals surface area contributed by atoms with E-state index in [2.05, 4.69) is 9.68 Å². The van der Waals surface area contributed by atoms with Crippen LogP contribution in [0.4, 0.5) is 23.4 Å². The lowest BCUT2D eigenvalue weighted by atomic mass is 10.1. The number of halogens is 5. The second kappa shape index (κ2) is 3.92. The number of rotatable bonds is 1. The summed E-state index contributed by atoms with van der Waals surface area (Å²) in [6, 6.07) is 0. The first-order valence-electron chi connectivity index (χ1n) is 4.17. The normalized spacial score (nSPS) is 10.9. The number of aromatic nitrogens is 1. The van der Waals surface area contributed by atoms with Gasteiger partial charge >= 0.3 is 0 Å². The van der Waals surface area contributed by atoms with Crippen molar-refractivity contribution in [2.75, 3.05) is 5.73 Å². The molecular formula is C9H3ClF4N2O. The van der Waals surface area contributed by atoms with E-state index in [9.17, 15) is 17.6 Å². The smallest absolute Gasteiger partial charge is 0.230 e. The highest BCUT2D eigenvalue weighted by Crippen LogP contribution is 2.36. The molecule has 0 radical (unpaired) electrons. The van der Waals surface area contributed by atoms with E-state index in [0.717, 1.165) is 6.20 Å². The number of nitrogen functional groups attached to an aromatic ring is 1. The number of nitrogens with two attached hydrogens (primary N) is 1. The molecule has 0 bridgehead atoms. The van der Waals surface area contributed by atoms with E-state index in [1.165, 1.54) is 0 Å². The van der Waals surface area contributed by atoms with Gasteiger partial charge in [0.05, 0.1) is 17.3 Å². The third-order valence-electron chi connectivity index (χ3n) is 2.08. The van der Waals surface area contributed by atoms with Crippen LogP contribution < -0.4 is 5.73 Å². The van der Waals surface area contributed by atoms with E-state index in [4.69, 9.17) is 17.3 Å². The number of hydrogen-bond donors (Lipinski definition) is 1. The van der Waals surface area contributed by atoms with E-state index in [1.54, 1.807) is 0 Å². The Labute approximate surface area is 96.8 Å². The quantitative estimate of drug-likeness (QED) is 0.490. The van der Waals surface area contributed by atoms with Crippen LogP contribution in [0.15, 0.2) is 10.7 Å². The average Bonchev–Trinajstić information content (AvgIpc) is 2.71. The Hall–Kier alpha value is -1.76. The molecule has 0 amide bonds. The van der Waals surface area contributed by atoms with Gasteiger partial charge in [0, 0.05) is 0 Å². The molecule has 1 aromatic carbocycles. The second-order valence-corrected chi connectivity index (χ2v) is 3.43. The fourth-order valence-corrected chi connectivity index (χ4v) is 1.44. The summed E-state index contributed by atoms with van der Waals surface area (Å²) < 4.78 is 57.6. The van der Waals surface area contributed by atoms with Gasteiger partial charge in [-0.05, 0) is 0 Å². The largest absolute Gasteiger partial charge is 0.367 e. The summed E-state index contributed by atoms with van der Waals surface area (Å²) in [5.41, 5.74) is 3.80. The first-order chi connectivity index (χ1) is 7.95. The third-order valence-corrected chi connectivity index (χ3v) is 2.41. The zero-order valence-corrected chi connectivity index (χ0v) is 8.66. The van der Waals surface area contributed by atoms with Crippen molar-refractivity contribution in [2.24, 2.45) is 0 Å². The standard InChI is InChI=1S/C9H3ClF4N2O/c10-4-7(13)5(11)3(6(12)8(4)14)2-1-16-17-9(2)15/h1H,15H2. The highest BCUT2D eigenvalue weighted by atomic mass is 35.5. The zero-order valence-electron chi connectivity index (χ0n) is 7.90. The minimum atomic E-state index is -1.71. The van der Waals surface area contributed by atoms with Crippen LogP contribution in [0.3, 0.4) is 0 Å². The first-order valence-corrected chi connectivity index (χ1v) is 4.55. The Morgan fingerprint density at radius 1 is 1.06 bits per heavy atom. The molecule has 3 nitrogen and oxygen atoms in total. The highest BCUT2D eigenvalue weighted by Gasteiger charge is 2.27. The van der Waals surface area contributed by atoms with Gasteiger partial charge in [-0.15, -0.1) is 0 Å². The van der Waals surface area contributed by atoms with E-state index >= 15 is 0 Å². The molecule has 1 heterocycles. The average molecular weight is 267 g/mol. The lowest BCUT2D eigenvalue weighted by molar-refractivity contribution is 0.436. The Kier molecular flexibility index (Phi) is 2.70. The summed E-state index contributed by atoms with van der Waals surface area (Å²) in [5, 5.41) is 1.89. The molecule has 0 aliphatic heterocycles. The summed E-state index contributed by atoms with van der Waals surface area (Å²) in [5.74, 6) is -7.21. The van der Waals surface area contributed by atoms with Gasteiger partial charge in [0.1, 0.15) is 5.02 Å². The molecule has 90 valence electrons. The summed E-state index contributed by atoms with van der Waals surface area (Å²) in [6.45, 7) is 0. The van der Waals surface area contributed by atoms with Crippen LogP contribution in [0.5, 0.6) is 0 Å². The molecule has 1 aromatic heterocycles. The van der Waals surface area contributed by atoms with Crippen molar-refractivity contribution in [2.45, 2.75) is 0 Å². The molecule has 2 N–H and O–H groups in total. The van der Waals surface area contributed by atoms with Crippen molar-refractivity contribution in [1.29, 1.82) is 0 Å². The fraction of sp³-hybridized carbons (Fsp3) is 0. The van der Waals surface area contributed by atoms with E-state index in [1.807, 2.05) is 0 Å². The minimum absolute atomic E-state index is 0.394. The van der Waals surface area contributed by atoms with Crippen LogP contribution in [0.1, 0.15) is 0 Å². The summed E-state index contributed by atoms with van der Waals surface area (Å²) in [4.78, 5) is 0. The molecule has 0 spiro atoms. The highest BCUT2D eigenvalue weighted by molar-refractivity contribution is 6.31. The minimum Gasteiger partial charge on any atom is -0.367 e. The number of benzene rings is 1. The fourth-order valence-electron chi connectivity index (χ4n) is 1.28. The summed E-state index contributed by atoms with van der Waals surface area (Å²) in [7, 11) is 0. The summed E-state index contributed by atoms with van der Waals surface area (Å²) >= 11 is 5.06. The number of hydrogen-bond acceptors (Lipinski definition) is 3. The Morgan fingerprint density at radius 3 is 2.00 bits per heavy atom. The van der Waals surface area contributed by atoms with Gasteiger partial charge in [0.15, 0.2) is 23.3 Å². The molecule has 2 rings (SSSR count). The molecule has 8 heteroatoms. The van der Waals surface area contributed by atoms with Gasteiger partial charge in [-0.25, -0.2) is 17.6 Å². The maximum Gasteiger partial charge on any atom is 0.230 e. The molecule has 2 aromatic rings. The second-order valence-electron chi connectivity index (χ2n) is 3.05. The van der Waals surface area contributed by atoms with Crippen LogP contribution in [-0.2, 0) is 0 Å². The third kappa shape index (κ3) is 1.62. The topological polar surface area (TPSA) is 52.0 Å². The van der Waals surface area contributed by atoms with Gasteiger partial charge in [0.2, 0.25) is 5.88 Å². The van der Waals surface area contributed by atoms with Crippen LogP contribution in [0, 0.1) is 23.3 Å². The van der Waals surface area contributed by atoms with E-state index < -0.39 is 45.3 Å². The molecule has 0 fully saturated rings. The van der Waals surface area contributed by atoms with Crippen molar-refractivity contribution in [3.05, 3.63) is 34.5 Å². The lowest BCUT2D eigenvalue weighted by Gasteiger charge is -2.06. The molecule has 0 atom stereocenters. The van der Waals surface area contributed by atoms with Crippen molar-refractivity contribution < 1.29 is 22.1 Å². The number of anilines is 1. The molecular weight excluding hydrogens is 264 g/mol. The van der Waals surface area contributed by atoms with Crippen molar-refractivity contribution in [3.63, 3.8) is 0 Å². The van der Waals surface area contributed by atoms with Crippen molar-refractivity contribution >= 4 is 17.5 Å². The van der Waals surface area contributed by atoms with Gasteiger partial charge in [-0.1, -0.05) is 16.8 Å². The Bertz CT molecular complexity index is 570. The van der Waals surface area contributed by atoms with E-state index in [-0.39, 0.29) is 0 Å². The monoisotopic (exact) mass is 266 g/mol. The van der Waals surface area contributed by atoms with Crippen LogP contribution in [0.2, 0.25) is 5.02 Å². The van der Waals surface area contributed by atoms with Gasteiger partial charge in [-0.3, -0.25) is 0 Å². The van der Waals surface area contributed by atoms with Crippen LogP contribution in [-0.4, -0.2) is 5.16 Å². The molecule has 0 saturated carbocycles. The summed E-state index contributed by atoms with van der Waals surface area (Å²) in [6.07, 6.45) is 0.837. The van der Waals surface area contributed by atoms with E-state index in [0.29, 0.717) is 0 Å². The SMILES string of the molecule is Nc1oncc1-c1c(F)c(F)c(Cl)c(F)c1F. The van der Waals surface area contributed by atoms with Crippen LogP contribution >= 0.6 is 11.6 Å². The van der Waals surface area contributed by atoms with Crippen LogP contribution in [0.25, 0.3) is 11.1 Å². The first kappa shape index (κ1) is 11.7. The van der Waals surface area contributed by atoms with Gasteiger partial charge in [0.25, 0.3) is 0 Å². The number of nitrogens with zero attached hydrogens (tertiary/aromatic N) is 1. The molecule has 0 aliphatic rings. The predicted octanol–water partition coefficient (Wildman–Crippen LogP) is 3.13. The predicted molar refractivity (Wildman–Crippen MR) is 51.2 cm³/mol. The maximum absolute atomic E-state index is 13.5. The Balaban J connectivity index is 2.84. The Morgan fingerprint density at radius 2 is 1.59 bits per heavy atom. The van der Waals surface area contributed by atoms with Gasteiger partial charge < -0.3 is 10.3 Å². The molecule has 0 aliphatic carbocycles. The van der Waals surface area contributed by atoms with Gasteiger partial charge in [-0.2, -0.15) is 0 Å². The molecule has 0 unspecified atom stereocenters. The van der Waals surface area contributed by atoms with Crippen molar-refractivity contribution in [3.8, 4) is 11.1 Å². The zero-order chi connectivity index (χ0) is 12.7. The van der Waals surface area contributed by atoms with Crippen molar-refractivity contribution in [1.82, 2.24) is 5.16 Å². The maximum atomic E-state index is 13.5. The molecule has 17 heavy (non-hydrogen) atoms.